The monoisotopic (exact) mass is 344 g/mol. The molecule has 2 rings (SSSR count). The van der Waals surface area contributed by atoms with Crippen LogP contribution in [0, 0.1) is 0 Å². The molecule has 2 saturated carbocycles. The van der Waals surface area contributed by atoms with Gasteiger partial charge in [0.05, 0.1) is 0 Å². The highest BCUT2D eigenvalue weighted by molar-refractivity contribution is 6.52. The van der Waals surface area contributed by atoms with Crippen LogP contribution in [0.2, 0.25) is 11.6 Å². The van der Waals surface area contributed by atoms with Crippen molar-refractivity contribution in [2.75, 3.05) is 6.54 Å². The summed E-state index contributed by atoms with van der Waals surface area (Å²) in [4.78, 5) is 11.1. The molecule has 0 aromatic rings. The van der Waals surface area contributed by atoms with E-state index in [9.17, 15) is 4.79 Å². The molecule has 25 heavy (non-hydrogen) atoms. The SMILES string of the molecule is NC(=O)CCCN([B]C1CCCCCCC1)[B]C1CCCCCCC1. The summed E-state index contributed by atoms with van der Waals surface area (Å²) in [7, 11) is 5.01. The summed E-state index contributed by atoms with van der Waals surface area (Å²) in [5.74, 6) is 1.27. The van der Waals surface area contributed by atoms with E-state index in [1.807, 2.05) is 0 Å². The molecule has 3 nitrogen and oxygen atoms in total. The molecule has 0 aliphatic heterocycles. The molecular formula is C20H38B2N2O. The first-order chi connectivity index (χ1) is 12.2. The van der Waals surface area contributed by atoms with Gasteiger partial charge in [-0.25, -0.2) is 0 Å². The molecule has 140 valence electrons. The Kier molecular flexibility index (Phi) is 10.7. The zero-order chi connectivity index (χ0) is 17.7. The predicted octanol–water partition coefficient (Wildman–Crippen LogP) is 4.86. The Labute approximate surface area is 157 Å². The van der Waals surface area contributed by atoms with E-state index in [-0.39, 0.29) is 5.91 Å². The van der Waals surface area contributed by atoms with Crippen molar-refractivity contribution >= 4 is 20.7 Å². The zero-order valence-electron chi connectivity index (χ0n) is 16.3. The summed E-state index contributed by atoms with van der Waals surface area (Å²) in [6.45, 7) is 0.954. The van der Waals surface area contributed by atoms with Gasteiger partial charge in [-0.2, -0.15) is 0 Å². The zero-order valence-corrected chi connectivity index (χ0v) is 16.3. The van der Waals surface area contributed by atoms with Crippen LogP contribution in [0.3, 0.4) is 0 Å². The predicted molar refractivity (Wildman–Crippen MR) is 109 cm³/mol. The van der Waals surface area contributed by atoms with E-state index >= 15 is 0 Å². The standard InChI is InChI=1S/C20H38B2N2O/c23-20(25)16-11-17-24(21-18-12-7-3-1-4-8-13-18)22-19-14-9-5-2-6-10-15-19/h18-19H,1-17H2,(H2,23,25). The molecule has 0 heterocycles. The Bertz CT molecular complexity index is 328. The molecule has 2 aliphatic rings. The van der Waals surface area contributed by atoms with Gasteiger partial charge in [0.25, 0.3) is 0 Å². The van der Waals surface area contributed by atoms with Gasteiger partial charge in [0.15, 0.2) is 14.8 Å². The molecule has 0 atom stereocenters. The molecule has 1 amide bonds. The van der Waals surface area contributed by atoms with Gasteiger partial charge in [0.1, 0.15) is 0 Å². The fourth-order valence-electron chi connectivity index (χ4n) is 4.45. The highest BCUT2D eigenvalue weighted by Gasteiger charge is 2.22. The fraction of sp³-hybridized carbons (Fsp3) is 0.950. The summed E-state index contributed by atoms with van der Waals surface area (Å²) >= 11 is 0. The lowest BCUT2D eigenvalue weighted by atomic mass is 9.58. The number of carbonyl (C=O) groups excluding carboxylic acids is 1. The Balaban J connectivity index is 1.84. The van der Waals surface area contributed by atoms with Crippen molar-refractivity contribution in [3.05, 3.63) is 0 Å². The minimum absolute atomic E-state index is 0.170. The molecule has 0 bridgehead atoms. The smallest absolute Gasteiger partial charge is 0.217 e. The maximum atomic E-state index is 11.1. The summed E-state index contributed by atoms with van der Waals surface area (Å²) in [5, 5.41) is 0. The Morgan fingerprint density at radius 1 is 0.760 bits per heavy atom. The van der Waals surface area contributed by atoms with E-state index in [4.69, 9.17) is 5.73 Å². The van der Waals surface area contributed by atoms with Gasteiger partial charge >= 0.3 is 0 Å². The van der Waals surface area contributed by atoms with Crippen molar-refractivity contribution < 1.29 is 4.79 Å². The molecule has 0 aromatic carbocycles. The highest BCUT2D eigenvalue weighted by Crippen LogP contribution is 2.29. The van der Waals surface area contributed by atoms with Gasteiger partial charge in [0, 0.05) is 6.42 Å². The quantitative estimate of drug-likeness (QED) is 0.640. The minimum Gasteiger partial charge on any atom is -0.393 e. The largest absolute Gasteiger partial charge is 0.393 e. The van der Waals surface area contributed by atoms with Crippen LogP contribution in [0.25, 0.3) is 0 Å². The first-order valence-corrected chi connectivity index (χ1v) is 11.0. The van der Waals surface area contributed by atoms with Gasteiger partial charge in [-0.3, -0.25) is 4.79 Å². The third-order valence-corrected chi connectivity index (χ3v) is 5.94. The summed E-state index contributed by atoms with van der Waals surface area (Å²) in [6, 6.07) is 0. The molecule has 0 unspecified atom stereocenters. The van der Waals surface area contributed by atoms with Crippen LogP contribution in [0.4, 0.5) is 0 Å². The molecular weight excluding hydrogens is 306 g/mol. The highest BCUT2D eigenvalue weighted by atomic mass is 16.1. The second-order valence-electron chi connectivity index (χ2n) is 8.32. The molecule has 0 saturated heterocycles. The third-order valence-electron chi connectivity index (χ3n) is 5.94. The van der Waals surface area contributed by atoms with Crippen LogP contribution >= 0.6 is 0 Å². The van der Waals surface area contributed by atoms with Crippen molar-refractivity contribution in [2.24, 2.45) is 5.73 Å². The molecule has 5 heteroatoms. The first-order valence-electron chi connectivity index (χ1n) is 11.0. The third kappa shape index (κ3) is 9.72. The van der Waals surface area contributed by atoms with Crippen LogP contribution in [-0.2, 0) is 4.79 Å². The maximum absolute atomic E-state index is 11.1. The molecule has 0 aromatic heterocycles. The van der Waals surface area contributed by atoms with Crippen LogP contribution in [0.15, 0.2) is 0 Å². The lowest BCUT2D eigenvalue weighted by Gasteiger charge is -2.31. The number of primary amides is 1. The van der Waals surface area contributed by atoms with Crippen molar-refractivity contribution in [3.8, 4) is 0 Å². The number of rotatable bonds is 8. The van der Waals surface area contributed by atoms with Crippen LogP contribution in [0.5, 0.6) is 0 Å². The first kappa shape index (κ1) is 20.9. The van der Waals surface area contributed by atoms with Crippen molar-refractivity contribution in [3.63, 3.8) is 0 Å². The molecule has 0 spiro atoms. The average molecular weight is 344 g/mol. The number of nitrogens with zero attached hydrogens (tertiary/aromatic N) is 1. The Morgan fingerprint density at radius 2 is 1.16 bits per heavy atom. The topological polar surface area (TPSA) is 46.3 Å². The van der Waals surface area contributed by atoms with Gasteiger partial charge in [-0.05, 0) is 13.0 Å². The van der Waals surface area contributed by atoms with E-state index in [2.05, 4.69) is 19.6 Å². The number of amides is 1. The van der Waals surface area contributed by atoms with Crippen molar-refractivity contribution in [2.45, 2.75) is 114 Å². The van der Waals surface area contributed by atoms with E-state index in [0.29, 0.717) is 6.42 Å². The minimum atomic E-state index is -0.170. The van der Waals surface area contributed by atoms with Crippen LogP contribution < -0.4 is 5.73 Å². The van der Waals surface area contributed by atoms with Crippen molar-refractivity contribution in [1.29, 1.82) is 0 Å². The average Bonchev–Trinajstić information content (AvgIpc) is 2.51. The van der Waals surface area contributed by atoms with Gasteiger partial charge < -0.3 is 10.5 Å². The number of carbonyl (C=O) groups is 1. The molecule has 2 fully saturated rings. The van der Waals surface area contributed by atoms with E-state index < -0.39 is 0 Å². The number of hydrogen-bond acceptors (Lipinski definition) is 2. The Morgan fingerprint density at radius 3 is 1.56 bits per heavy atom. The second kappa shape index (κ2) is 12.8. The summed E-state index contributed by atoms with van der Waals surface area (Å²) < 4.78 is 2.46. The summed E-state index contributed by atoms with van der Waals surface area (Å²) in [5.41, 5.74) is 5.35. The normalized spacial score (nSPS) is 21.8. The van der Waals surface area contributed by atoms with Crippen LogP contribution in [0.1, 0.15) is 103 Å². The van der Waals surface area contributed by atoms with E-state index in [0.717, 1.165) is 24.6 Å². The number of hydrogen-bond donors (Lipinski definition) is 1. The van der Waals surface area contributed by atoms with E-state index in [1.165, 1.54) is 89.9 Å². The fourth-order valence-corrected chi connectivity index (χ4v) is 4.45. The lowest BCUT2D eigenvalue weighted by molar-refractivity contribution is -0.118. The molecule has 2 N–H and O–H groups in total. The van der Waals surface area contributed by atoms with Gasteiger partial charge in [0.2, 0.25) is 5.91 Å². The second-order valence-corrected chi connectivity index (χ2v) is 8.32. The Hall–Kier alpha value is -0.440. The van der Waals surface area contributed by atoms with E-state index in [1.54, 1.807) is 0 Å². The van der Waals surface area contributed by atoms with Gasteiger partial charge in [-0.1, -0.05) is 102 Å². The number of nitrogens with two attached hydrogens (primary N) is 1. The van der Waals surface area contributed by atoms with Crippen molar-refractivity contribution in [1.82, 2.24) is 4.72 Å². The lowest BCUT2D eigenvalue weighted by Crippen LogP contribution is -2.38. The van der Waals surface area contributed by atoms with Crippen LogP contribution in [-0.4, -0.2) is 32.0 Å². The maximum Gasteiger partial charge on any atom is 0.217 e. The summed E-state index contributed by atoms with van der Waals surface area (Å²) in [6.07, 6.45) is 20.7. The van der Waals surface area contributed by atoms with Gasteiger partial charge in [-0.15, -0.1) is 0 Å². The molecule has 2 aliphatic carbocycles. The molecule has 2 radical (unpaired) electrons.